The van der Waals surface area contributed by atoms with E-state index in [1.54, 1.807) is 0 Å². The molecule has 77 heavy (non-hydrogen) atoms. The van der Waals surface area contributed by atoms with Gasteiger partial charge in [0.25, 0.3) is 0 Å². The van der Waals surface area contributed by atoms with Crippen molar-refractivity contribution in [2.24, 2.45) is 9.98 Å². The second-order valence-electron chi connectivity index (χ2n) is 18.4. The number of hydrogen-bond acceptors (Lipinski definition) is 3. The summed E-state index contributed by atoms with van der Waals surface area (Å²) in [4.78, 5) is 8.01. The summed E-state index contributed by atoms with van der Waals surface area (Å²) in [5.74, 6) is 0. The first-order valence-electron chi connectivity index (χ1n) is 36.8. The fraction of sp³-hybridized carbons (Fsp3) is 0.946. The Morgan fingerprint density at radius 2 is 0.351 bits per heavy atom. The number of allylic oxidation sites excluding steroid dienone is 2. The van der Waals surface area contributed by atoms with Gasteiger partial charge in [-0.15, -0.1) is 0 Å². The summed E-state index contributed by atoms with van der Waals surface area (Å²) in [6.07, 6.45) is 75.6. The maximum Gasteiger partial charge on any atom is 0.0388 e. The lowest BCUT2D eigenvalue weighted by Crippen LogP contribution is -2.21. The second kappa shape index (κ2) is 131. The number of nitrogens with zero attached hydrogens (tertiary/aromatic N) is 2. The Morgan fingerprint density at radius 3 is 0.416 bits per heavy atom. The molecule has 10 rings (SSSR count). The summed E-state index contributed by atoms with van der Waals surface area (Å²) < 4.78 is 0. The van der Waals surface area contributed by atoms with E-state index in [-0.39, 0.29) is 0 Å². The van der Waals surface area contributed by atoms with Crippen LogP contribution in [0, 0.1) is 0 Å². The number of piperidine rings is 1. The Morgan fingerprint density at radius 1 is 0.182 bits per heavy atom. The maximum atomic E-state index is 4.05. The number of nitrogens with one attached hydrogen (secondary N) is 1. The first-order chi connectivity index (χ1) is 38.5. The summed E-state index contributed by atoms with van der Waals surface area (Å²) >= 11 is 0. The van der Waals surface area contributed by atoms with Gasteiger partial charge in [0.05, 0.1) is 0 Å². The third-order valence-corrected chi connectivity index (χ3v) is 12.6. The Labute approximate surface area is 497 Å². The second-order valence-corrected chi connectivity index (χ2v) is 18.4. The molecule has 7 aliphatic carbocycles. The minimum absolute atomic E-state index is 1.07. The van der Waals surface area contributed by atoms with Crippen LogP contribution in [0.3, 0.4) is 0 Å². The Hall–Kier alpha value is -0.960. The lowest BCUT2D eigenvalue weighted by molar-refractivity contribution is 0.504. The standard InChI is InChI=1S/C7H14.2C6H12.C6H10.C5H11N.C5H9N.3C5H10.C4H7N.10C2H6/c1-2-4-6-7-5-3-1;5*1-2-4-6-5-3-1;4*1-2-4-5-3-1;10*1-2/h1-7H2;2*1-6H2;1-2H,3-6H2;6H,1-5H2;4H,1-3,5H2;3*1-5H2;3H,1-2,4H2;10*1-2H3. The maximum absolute atomic E-state index is 4.05. The van der Waals surface area contributed by atoms with Gasteiger partial charge in [0.15, 0.2) is 0 Å². The predicted molar refractivity (Wildman–Crippen MR) is 375 cm³/mol. The molecule has 0 unspecified atom stereocenters. The first kappa shape index (κ1) is 98.2. The lowest BCUT2D eigenvalue weighted by Gasteiger charge is -2.08. The van der Waals surface area contributed by atoms with Crippen LogP contribution in [-0.4, -0.2) is 38.6 Å². The first-order valence-corrected chi connectivity index (χ1v) is 36.8. The van der Waals surface area contributed by atoms with Crippen LogP contribution in [0.15, 0.2) is 22.1 Å². The number of rotatable bonds is 0. The minimum Gasteiger partial charge on any atom is -0.317 e. The van der Waals surface area contributed by atoms with Crippen molar-refractivity contribution in [2.75, 3.05) is 26.2 Å². The van der Waals surface area contributed by atoms with Gasteiger partial charge in [0.2, 0.25) is 0 Å². The van der Waals surface area contributed by atoms with Gasteiger partial charge in [-0.2, -0.15) is 0 Å². The Bertz CT molecular complexity index is 611. The highest BCUT2D eigenvalue weighted by molar-refractivity contribution is 5.58. The van der Waals surface area contributed by atoms with E-state index >= 15 is 0 Å². The number of aliphatic imine (C=N–C) groups is 2. The van der Waals surface area contributed by atoms with Crippen LogP contribution < -0.4 is 5.32 Å². The summed E-state index contributed by atoms with van der Waals surface area (Å²) in [5, 5.41) is 3.28. The van der Waals surface area contributed by atoms with Gasteiger partial charge < -0.3 is 5.32 Å². The van der Waals surface area contributed by atoms with E-state index in [0.29, 0.717) is 0 Å². The van der Waals surface area contributed by atoms with Gasteiger partial charge in [0.1, 0.15) is 0 Å². The van der Waals surface area contributed by atoms with Crippen molar-refractivity contribution in [3.63, 3.8) is 0 Å². The van der Waals surface area contributed by atoms with Crippen LogP contribution in [0.25, 0.3) is 0 Å². The summed E-state index contributed by atoms with van der Waals surface area (Å²) in [6.45, 7) is 44.6. The molecule has 3 aliphatic heterocycles. The third kappa shape index (κ3) is 127. The van der Waals surface area contributed by atoms with Crippen molar-refractivity contribution in [2.45, 2.75) is 434 Å². The lowest BCUT2D eigenvalue weighted by atomic mass is 10.0. The van der Waals surface area contributed by atoms with Crippen molar-refractivity contribution in [3.05, 3.63) is 12.2 Å². The molecule has 0 radical (unpaired) electrons. The predicted octanol–water partition coefficient (Wildman–Crippen LogP) is 28.5. The average Bonchev–Trinajstić information content (AvgIpc) is 4.48. The SMILES string of the molecule is C1=CCCCC1.C1=NCCC1.C1=NCCCC1.C1CCCC1.C1CCCC1.C1CCCC1.C1CCCCC1.C1CCCCC1.C1CCCCCC1.C1CCNCC1.CC.CC.CC.CC.CC.CC.CC.CC.CC.CC. The summed E-state index contributed by atoms with van der Waals surface area (Å²) in [6, 6.07) is 0. The third-order valence-electron chi connectivity index (χ3n) is 12.6. The molecule has 0 aromatic carbocycles. The molecule has 0 aromatic rings. The summed E-state index contributed by atoms with van der Waals surface area (Å²) in [7, 11) is 0. The van der Waals surface area contributed by atoms with Crippen LogP contribution in [0.5, 0.6) is 0 Å². The largest absolute Gasteiger partial charge is 0.317 e. The Kier molecular flexibility index (Phi) is 167. The molecule has 1 saturated heterocycles. The van der Waals surface area contributed by atoms with E-state index in [9.17, 15) is 0 Å². The molecule has 6 saturated carbocycles. The van der Waals surface area contributed by atoms with Gasteiger partial charge in [-0.3, -0.25) is 9.98 Å². The van der Waals surface area contributed by atoms with E-state index < -0.39 is 0 Å². The highest BCUT2D eigenvalue weighted by Crippen LogP contribution is 2.18. The van der Waals surface area contributed by atoms with Crippen LogP contribution in [-0.2, 0) is 0 Å². The van der Waals surface area contributed by atoms with Crippen LogP contribution in [0.1, 0.15) is 434 Å². The Balaban J connectivity index is -0.0000000782. The molecular formula is C74H165N3. The normalized spacial score (nSPS) is 17.9. The topological polar surface area (TPSA) is 36.8 Å². The van der Waals surface area contributed by atoms with Crippen molar-refractivity contribution in [3.8, 4) is 0 Å². The highest BCUT2D eigenvalue weighted by atomic mass is 14.9. The van der Waals surface area contributed by atoms with Gasteiger partial charge in [0, 0.05) is 13.1 Å². The highest BCUT2D eigenvalue weighted by Gasteiger charge is 1.99. The van der Waals surface area contributed by atoms with Crippen LogP contribution >= 0.6 is 0 Å². The zero-order valence-electron chi connectivity index (χ0n) is 59.1. The molecule has 3 nitrogen and oxygen atoms in total. The van der Waals surface area contributed by atoms with Crippen molar-refractivity contribution in [1.82, 2.24) is 5.32 Å². The van der Waals surface area contributed by atoms with E-state index in [1.165, 1.54) is 308 Å². The van der Waals surface area contributed by atoms with E-state index in [0.717, 1.165) is 13.1 Å². The zero-order valence-corrected chi connectivity index (χ0v) is 59.1. The average molecular weight is 1100 g/mol. The van der Waals surface area contributed by atoms with Gasteiger partial charge >= 0.3 is 0 Å². The van der Waals surface area contributed by atoms with E-state index in [2.05, 4.69) is 27.5 Å². The van der Waals surface area contributed by atoms with Gasteiger partial charge in [-0.25, -0.2) is 0 Å². The molecular weight excluding hydrogens is 931 g/mol. The minimum atomic E-state index is 1.07. The van der Waals surface area contributed by atoms with Crippen molar-refractivity contribution < 1.29 is 0 Å². The van der Waals surface area contributed by atoms with E-state index in [4.69, 9.17) is 0 Å². The summed E-state index contributed by atoms with van der Waals surface area (Å²) in [5.41, 5.74) is 0. The quantitative estimate of drug-likeness (QED) is 0.190. The molecule has 0 bridgehead atoms. The molecule has 1 N–H and O–H groups in total. The molecule has 0 spiro atoms. The molecule has 0 atom stereocenters. The molecule has 476 valence electrons. The number of hydrogen-bond donors (Lipinski definition) is 1. The van der Waals surface area contributed by atoms with Crippen LogP contribution in [0.4, 0.5) is 0 Å². The van der Waals surface area contributed by atoms with E-state index in [1.807, 2.05) is 151 Å². The zero-order chi connectivity index (χ0) is 60.3. The molecule has 7 fully saturated rings. The fourth-order valence-corrected chi connectivity index (χ4v) is 8.65. The van der Waals surface area contributed by atoms with Crippen molar-refractivity contribution >= 4 is 12.4 Å². The monoisotopic (exact) mass is 1100 g/mol. The molecule has 10 aliphatic rings. The van der Waals surface area contributed by atoms with Gasteiger partial charge in [-0.05, 0) is 96.1 Å². The van der Waals surface area contributed by atoms with Crippen molar-refractivity contribution in [1.29, 1.82) is 0 Å². The smallest absolute Gasteiger partial charge is 0.0388 e. The van der Waals surface area contributed by atoms with Gasteiger partial charge in [-0.1, -0.05) is 375 Å². The molecule has 3 heterocycles. The molecule has 0 amide bonds. The molecule has 0 aromatic heterocycles. The fourth-order valence-electron chi connectivity index (χ4n) is 8.65. The van der Waals surface area contributed by atoms with Crippen LogP contribution in [0.2, 0.25) is 0 Å². The molecule has 3 heteroatoms.